The molecule has 0 aliphatic carbocycles. The van der Waals surface area contributed by atoms with Crippen molar-refractivity contribution in [3.05, 3.63) is 41.8 Å². The first kappa shape index (κ1) is 12.0. The highest BCUT2D eigenvalue weighted by molar-refractivity contribution is 5.94. The molecular formula is C11H10FN3O3. The number of rotatable bonds is 5. The van der Waals surface area contributed by atoms with Crippen molar-refractivity contribution in [2.24, 2.45) is 0 Å². The summed E-state index contributed by atoms with van der Waals surface area (Å²) in [4.78, 5) is 14.7. The van der Waals surface area contributed by atoms with E-state index in [1.807, 2.05) is 0 Å². The second kappa shape index (κ2) is 5.26. The minimum absolute atomic E-state index is 0.224. The van der Waals surface area contributed by atoms with Gasteiger partial charge >= 0.3 is 5.97 Å². The Morgan fingerprint density at radius 2 is 2.33 bits per heavy atom. The molecular weight excluding hydrogens is 241 g/mol. The van der Waals surface area contributed by atoms with Gasteiger partial charge in [-0.2, -0.15) is 4.98 Å². The molecule has 2 N–H and O–H groups in total. The van der Waals surface area contributed by atoms with Gasteiger partial charge in [-0.25, -0.2) is 9.18 Å². The van der Waals surface area contributed by atoms with Crippen LogP contribution >= 0.6 is 0 Å². The van der Waals surface area contributed by atoms with E-state index in [4.69, 9.17) is 9.63 Å². The summed E-state index contributed by atoms with van der Waals surface area (Å²) in [7, 11) is 0. The summed E-state index contributed by atoms with van der Waals surface area (Å²) in [6, 6.07) is 4.05. The third-order valence-electron chi connectivity index (χ3n) is 2.29. The van der Waals surface area contributed by atoms with Crippen LogP contribution in [-0.4, -0.2) is 27.8 Å². The second-order valence-electron chi connectivity index (χ2n) is 3.48. The molecule has 1 aromatic heterocycles. The predicted octanol–water partition coefficient (Wildman–Crippen LogP) is 1.56. The normalized spacial score (nSPS) is 10.3. The Morgan fingerprint density at radius 3 is 3.00 bits per heavy atom. The molecule has 0 aliphatic heterocycles. The molecule has 6 nitrogen and oxygen atoms in total. The predicted molar refractivity (Wildman–Crippen MR) is 59.9 cm³/mol. The molecule has 7 heteroatoms. The van der Waals surface area contributed by atoms with Gasteiger partial charge in [0.25, 0.3) is 0 Å². The van der Waals surface area contributed by atoms with Crippen LogP contribution in [0.2, 0.25) is 0 Å². The Kier molecular flexibility index (Phi) is 3.52. The molecule has 0 fully saturated rings. The second-order valence-corrected chi connectivity index (χ2v) is 3.48. The Labute approximate surface area is 101 Å². The van der Waals surface area contributed by atoms with Gasteiger partial charge in [-0.15, -0.1) is 0 Å². The van der Waals surface area contributed by atoms with Crippen molar-refractivity contribution >= 4 is 11.7 Å². The highest BCUT2D eigenvalue weighted by atomic mass is 19.1. The lowest BCUT2D eigenvalue weighted by atomic mass is 10.1. The van der Waals surface area contributed by atoms with Crippen LogP contribution in [0.15, 0.2) is 29.0 Å². The molecule has 2 rings (SSSR count). The number of hydrogen-bond donors (Lipinski definition) is 2. The molecule has 1 heterocycles. The lowest BCUT2D eigenvalue weighted by Gasteiger charge is -2.08. The van der Waals surface area contributed by atoms with Crippen LogP contribution in [0, 0.1) is 5.82 Å². The van der Waals surface area contributed by atoms with Crippen LogP contribution < -0.4 is 5.32 Å². The molecule has 0 atom stereocenters. The Hall–Kier alpha value is -2.44. The maximum absolute atomic E-state index is 13.3. The van der Waals surface area contributed by atoms with E-state index in [1.54, 1.807) is 0 Å². The summed E-state index contributed by atoms with van der Waals surface area (Å²) in [5.41, 5.74) is -0.148. The lowest BCUT2D eigenvalue weighted by Crippen LogP contribution is -2.11. The number of benzene rings is 1. The van der Waals surface area contributed by atoms with Crippen molar-refractivity contribution in [1.29, 1.82) is 0 Å². The fraction of sp³-hybridized carbons (Fsp3) is 0.182. The van der Waals surface area contributed by atoms with E-state index in [1.165, 1.54) is 18.5 Å². The fourth-order valence-electron chi connectivity index (χ4n) is 1.50. The number of nitrogens with one attached hydrogen (secondary N) is 1. The zero-order valence-electron chi connectivity index (χ0n) is 9.26. The molecule has 18 heavy (non-hydrogen) atoms. The van der Waals surface area contributed by atoms with Gasteiger partial charge in [-0.05, 0) is 12.1 Å². The first-order chi connectivity index (χ1) is 8.68. The van der Waals surface area contributed by atoms with Gasteiger partial charge in [0.1, 0.15) is 11.4 Å². The highest BCUT2D eigenvalue weighted by Gasteiger charge is 2.15. The average molecular weight is 251 g/mol. The minimum atomic E-state index is -1.31. The number of halogens is 1. The minimum Gasteiger partial charge on any atom is -0.478 e. The number of aromatic nitrogens is 2. The van der Waals surface area contributed by atoms with Crippen LogP contribution in [-0.2, 0) is 6.42 Å². The Bertz CT molecular complexity index is 542. The number of carbonyl (C=O) groups is 1. The van der Waals surface area contributed by atoms with Gasteiger partial charge in [0.2, 0.25) is 5.89 Å². The maximum atomic E-state index is 13.3. The molecule has 0 unspecified atom stereocenters. The van der Waals surface area contributed by atoms with Gasteiger partial charge < -0.3 is 14.9 Å². The van der Waals surface area contributed by atoms with E-state index in [-0.39, 0.29) is 11.3 Å². The van der Waals surface area contributed by atoms with E-state index in [0.29, 0.717) is 18.9 Å². The maximum Gasteiger partial charge on any atom is 0.340 e. The first-order valence-electron chi connectivity index (χ1n) is 5.19. The molecule has 0 saturated carbocycles. The van der Waals surface area contributed by atoms with Gasteiger partial charge in [0, 0.05) is 13.0 Å². The van der Waals surface area contributed by atoms with Crippen LogP contribution in [0.3, 0.4) is 0 Å². The van der Waals surface area contributed by atoms with Crippen molar-refractivity contribution in [3.63, 3.8) is 0 Å². The van der Waals surface area contributed by atoms with Crippen LogP contribution in [0.5, 0.6) is 0 Å². The van der Waals surface area contributed by atoms with Crippen LogP contribution in [0.1, 0.15) is 16.2 Å². The topological polar surface area (TPSA) is 88.2 Å². The molecule has 0 saturated heterocycles. The number of nitrogens with zero attached hydrogens (tertiary/aromatic N) is 2. The number of carboxylic acids is 1. The largest absolute Gasteiger partial charge is 0.478 e. The molecule has 0 aliphatic rings. The summed E-state index contributed by atoms with van der Waals surface area (Å²) in [6.45, 7) is 0.367. The van der Waals surface area contributed by atoms with Crippen molar-refractivity contribution in [2.75, 3.05) is 11.9 Å². The van der Waals surface area contributed by atoms with E-state index >= 15 is 0 Å². The van der Waals surface area contributed by atoms with Gasteiger partial charge in [0.15, 0.2) is 6.33 Å². The smallest absolute Gasteiger partial charge is 0.340 e. The molecule has 0 amide bonds. The zero-order chi connectivity index (χ0) is 13.0. The molecule has 1 aromatic carbocycles. The third-order valence-corrected chi connectivity index (χ3v) is 2.29. The molecule has 0 bridgehead atoms. The highest BCUT2D eigenvalue weighted by Crippen LogP contribution is 2.18. The SMILES string of the molecule is O=C(O)c1c(F)cccc1NCCc1ncno1. The lowest BCUT2D eigenvalue weighted by molar-refractivity contribution is 0.0693. The quantitative estimate of drug-likeness (QED) is 0.838. The van der Waals surface area contributed by atoms with E-state index in [0.717, 1.165) is 6.07 Å². The summed E-state index contributed by atoms with van der Waals surface area (Å²) < 4.78 is 18.1. The summed E-state index contributed by atoms with van der Waals surface area (Å²) in [6.07, 6.45) is 1.70. The number of anilines is 1. The van der Waals surface area contributed by atoms with Crippen molar-refractivity contribution in [1.82, 2.24) is 10.1 Å². The van der Waals surface area contributed by atoms with Crippen molar-refractivity contribution < 1.29 is 18.8 Å². The third kappa shape index (κ3) is 2.62. The molecule has 0 radical (unpaired) electrons. The first-order valence-corrected chi connectivity index (χ1v) is 5.19. The zero-order valence-corrected chi connectivity index (χ0v) is 9.26. The number of carboxylic acid groups (broad SMARTS) is 1. The van der Waals surface area contributed by atoms with Crippen molar-refractivity contribution in [3.8, 4) is 0 Å². The standard InChI is InChI=1S/C11H10FN3O3/c12-7-2-1-3-8(10(7)11(16)17)13-5-4-9-14-6-15-18-9/h1-3,6,13H,4-5H2,(H,16,17). The monoisotopic (exact) mass is 251 g/mol. The Balaban J connectivity index is 2.05. The molecule has 2 aromatic rings. The summed E-state index contributed by atoms with van der Waals surface area (Å²) in [5, 5.41) is 15.2. The van der Waals surface area contributed by atoms with E-state index in [2.05, 4.69) is 15.5 Å². The van der Waals surface area contributed by atoms with Gasteiger partial charge in [-0.3, -0.25) is 0 Å². The fourth-order valence-corrected chi connectivity index (χ4v) is 1.50. The summed E-state index contributed by atoms with van der Waals surface area (Å²) >= 11 is 0. The van der Waals surface area contributed by atoms with E-state index < -0.39 is 11.8 Å². The average Bonchev–Trinajstić information content (AvgIpc) is 2.81. The molecule has 0 spiro atoms. The summed E-state index contributed by atoms with van der Waals surface area (Å²) in [5.74, 6) is -1.66. The number of hydrogen-bond acceptors (Lipinski definition) is 5. The number of aromatic carboxylic acids is 1. The molecule has 94 valence electrons. The Morgan fingerprint density at radius 1 is 1.50 bits per heavy atom. The van der Waals surface area contributed by atoms with Crippen LogP contribution in [0.4, 0.5) is 10.1 Å². The van der Waals surface area contributed by atoms with Crippen LogP contribution in [0.25, 0.3) is 0 Å². The van der Waals surface area contributed by atoms with E-state index in [9.17, 15) is 9.18 Å². The van der Waals surface area contributed by atoms with Crippen molar-refractivity contribution in [2.45, 2.75) is 6.42 Å². The van der Waals surface area contributed by atoms with Gasteiger partial charge in [0.05, 0.1) is 5.69 Å². The van der Waals surface area contributed by atoms with Gasteiger partial charge in [-0.1, -0.05) is 11.2 Å².